The molecule has 2 unspecified atom stereocenters. The highest BCUT2D eigenvalue weighted by atomic mass is 16.7. The molecule has 14 nitrogen and oxygen atoms in total. The summed E-state index contributed by atoms with van der Waals surface area (Å²) < 4.78 is 15.6. The first-order chi connectivity index (χ1) is 19.8. The Labute approximate surface area is 251 Å². The number of ether oxygens (including phenoxy) is 3. The summed E-state index contributed by atoms with van der Waals surface area (Å²) in [4.78, 5) is 75.7. The average Bonchev–Trinajstić information content (AvgIpc) is 3.36. The smallest absolute Gasteiger partial charge is 0.444 e. The maximum atomic E-state index is 13.2. The van der Waals surface area contributed by atoms with E-state index >= 15 is 0 Å². The van der Waals surface area contributed by atoms with E-state index in [4.69, 9.17) is 19.9 Å². The molecule has 238 valence electrons. The Hall–Kier alpha value is -4.36. The van der Waals surface area contributed by atoms with Crippen molar-refractivity contribution in [1.29, 1.82) is 0 Å². The van der Waals surface area contributed by atoms with Gasteiger partial charge in [-0.05, 0) is 79.0 Å². The number of hydrogen-bond donors (Lipinski definition) is 4. The summed E-state index contributed by atoms with van der Waals surface area (Å²) in [5, 5.41) is 7.53. The maximum absolute atomic E-state index is 13.2. The van der Waals surface area contributed by atoms with Gasteiger partial charge in [0.05, 0.1) is 6.54 Å². The Morgan fingerprint density at radius 2 is 1.53 bits per heavy atom. The molecule has 0 bridgehead atoms. The SMILES string of the molecule is C[C@H](NC(=O)C(Cc1ccc(OC(=O)OC(C)(C)C)cc1)NC(=O)OC(C)(C)C)C(=O)NCC(=O)N1CCCC1C(N)=O. The lowest BCUT2D eigenvalue weighted by atomic mass is 10.0. The number of nitrogens with one attached hydrogen (secondary N) is 3. The molecule has 1 aliphatic heterocycles. The van der Waals surface area contributed by atoms with Crippen LogP contribution in [0.4, 0.5) is 9.59 Å². The molecule has 43 heavy (non-hydrogen) atoms. The third kappa shape index (κ3) is 12.2. The van der Waals surface area contributed by atoms with Crippen molar-refractivity contribution in [3.05, 3.63) is 29.8 Å². The maximum Gasteiger partial charge on any atom is 0.514 e. The molecule has 1 aromatic rings. The topological polar surface area (TPSA) is 195 Å². The Balaban J connectivity index is 2.04. The van der Waals surface area contributed by atoms with E-state index in [-0.39, 0.29) is 18.7 Å². The number of rotatable bonds is 10. The minimum atomic E-state index is -1.15. The van der Waals surface area contributed by atoms with Crippen LogP contribution in [0.5, 0.6) is 5.75 Å². The molecule has 2 rings (SSSR count). The number of primary amides is 1. The Bertz CT molecular complexity index is 1190. The first kappa shape index (κ1) is 34.8. The van der Waals surface area contributed by atoms with Crippen molar-refractivity contribution in [3.63, 3.8) is 0 Å². The number of amides is 5. The van der Waals surface area contributed by atoms with Gasteiger partial charge in [-0.25, -0.2) is 9.59 Å². The van der Waals surface area contributed by atoms with Crippen LogP contribution in [0.2, 0.25) is 0 Å². The van der Waals surface area contributed by atoms with E-state index in [1.54, 1.807) is 53.7 Å². The zero-order valence-corrected chi connectivity index (χ0v) is 25.8. The van der Waals surface area contributed by atoms with Crippen LogP contribution >= 0.6 is 0 Å². The largest absolute Gasteiger partial charge is 0.514 e. The highest BCUT2D eigenvalue weighted by molar-refractivity contribution is 5.94. The fraction of sp³-hybridized carbons (Fsp3) is 0.586. The normalized spacial score (nSPS) is 16.3. The van der Waals surface area contributed by atoms with Crippen molar-refractivity contribution in [2.45, 2.75) is 97.1 Å². The fourth-order valence-electron chi connectivity index (χ4n) is 4.11. The van der Waals surface area contributed by atoms with Crippen molar-refractivity contribution >= 4 is 35.9 Å². The van der Waals surface area contributed by atoms with Crippen LogP contribution in [0.25, 0.3) is 0 Å². The summed E-state index contributed by atoms with van der Waals surface area (Å²) in [6.07, 6.45) is -0.604. The number of benzene rings is 1. The molecule has 0 radical (unpaired) electrons. The summed E-state index contributed by atoms with van der Waals surface area (Å²) in [6, 6.07) is 3.31. The minimum absolute atomic E-state index is 0.00802. The second-order valence-electron chi connectivity index (χ2n) is 12.2. The standard InChI is InChI=1S/C29H43N5O9/c1-17(24(37)31-16-22(35)34-14-8-9-21(34)23(30)36)32-25(38)20(33-26(39)42-28(2,3)4)15-18-10-12-19(13-11-18)41-27(40)43-29(5,6)7/h10-13,17,20-21H,8-9,14-16H2,1-7H3,(H2,30,36)(H,31,37)(H,32,38)(H,33,39)/t17-,20?,21?/m0/s1. The third-order valence-electron chi connectivity index (χ3n) is 6.03. The van der Waals surface area contributed by atoms with E-state index < -0.39 is 65.2 Å². The number of nitrogens with zero attached hydrogens (tertiary/aromatic N) is 1. The Kier molecular flexibility index (Phi) is 11.9. The molecular formula is C29H43N5O9. The molecule has 5 N–H and O–H groups in total. The summed E-state index contributed by atoms with van der Waals surface area (Å²) in [7, 11) is 0. The van der Waals surface area contributed by atoms with Gasteiger partial charge in [0.15, 0.2) is 0 Å². The molecule has 1 fully saturated rings. The molecule has 0 saturated carbocycles. The van der Waals surface area contributed by atoms with E-state index in [1.807, 2.05) is 0 Å². The van der Waals surface area contributed by atoms with Crippen LogP contribution in [0.1, 0.15) is 66.9 Å². The number of carbonyl (C=O) groups is 6. The van der Waals surface area contributed by atoms with Gasteiger partial charge in [-0.2, -0.15) is 0 Å². The van der Waals surface area contributed by atoms with E-state index in [0.717, 1.165) is 0 Å². The molecule has 1 heterocycles. The molecule has 14 heteroatoms. The predicted molar refractivity (Wildman–Crippen MR) is 155 cm³/mol. The molecular weight excluding hydrogens is 562 g/mol. The summed E-state index contributed by atoms with van der Waals surface area (Å²) in [5.41, 5.74) is 4.40. The average molecular weight is 606 g/mol. The summed E-state index contributed by atoms with van der Waals surface area (Å²) in [5.74, 6) is -2.17. The van der Waals surface area contributed by atoms with E-state index in [0.29, 0.717) is 24.9 Å². The Morgan fingerprint density at radius 1 is 0.930 bits per heavy atom. The van der Waals surface area contributed by atoms with Crippen LogP contribution in [-0.4, -0.2) is 83.2 Å². The Morgan fingerprint density at radius 3 is 2.09 bits per heavy atom. The predicted octanol–water partition coefficient (Wildman–Crippen LogP) is 1.53. The van der Waals surface area contributed by atoms with Gasteiger partial charge in [-0.1, -0.05) is 12.1 Å². The van der Waals surface area contributed by atoms with Gasteiger partial charge in [-0.3, -0.25) is 19.2 Å². The molecule has 1 aliphatic rings. The van der Waals surface area contributed by atoms with E-state index in [9.17, 15) is 28.8 Å². The van der Waals surface area contributed by atoms with Crippen LogP contribution in [0, 0.1) is 0 Å². The van der Waals surface area contributed by atoms with Gasteiger partial charge in [0.2, 0.25) is 23.6 Å². The lowest BCUT2D eigenvalue weighted by Gasteiger charge is -2.25. The van der Waals surface area contributed by atoms with Crippen molar-refractivity contribution < 1.29 is 43.0 Å². The lowest BCUT2D eigenvalue weighted by molar-refractivity contribution is -0.138. The van der Waals surface area contributed by atoms with Gasteiger partial charge in [-0.15, -0.1) is 0 Å². The molecule has 1 aromatic carbocycles. The zero-order chi connectivity index (χ0) is 32.5. The fourth-order valence-corrected chi connectivity index (χ4v) is 4.11. The van der Waals surface area contributed by atoms with Gasteiger partial charge in [0, 0.05) is 13.0 Å². The number of nitrogens with two attached hydrogens (primary N) is 1. The number of hydrogen-bond acceptors (Lipinski definition) is 9. The van der Waals surface area contributed by atoms with Crippen LogP contribution in [0.15, 0.2) is 24.3 Å². The van der Waals surface area contributed by atoms with Crippen LogP contribution in [0.3, 0.4) is 0 Å². The number of carbonyl (C=O) groups excluding carboxylic acids is 6. The minimum Gasteiger partial charge on any atom is -0.444 e. The highest BCUT2D eigenvalue weighted by Gasteiger charge is 2.33. The van der Waals surface area contributed by atoms with Crippen LogP contribution in [-0.2, 0) is 35.1 Å². The first-order valence-electron chi connectivity index (χ1n) is 14.0. The number of likely N-dealkylation sites (tertiary alicyclic amines) is 1. The summed E-state index contributed by atoms with van der Waals surface area (Å²) in [6.45, 7) is 11.6. The van der Waals surface area contributed by atoms with Gasteiger partial charge < -0.3 is 40.8 Å². The van der Waals surface area contributed by atoms with Crippen molar-refractivity contribution in [1.82, 2.24) is 20.9 Å². The monoisotopic (exact) mass is 605 g/mol. The van der Waals surface area contributed by atoms with Crippen molar-refractivity contribution in [2.24, 2.45) is 5.73 Å². The first-order valence-corrected chi connectivity index (χ1v) is 14.0. The highest BCUT2D eigenvalue weighted by Crippen LogP contribution is 2.18. The quantitative estimate of drug-likeness (QED) is 0.226. The molecule has 0 aromatic heterocycles. The van der Waals surface area contributed by atoms with E-state index in [2.05, 4.69) is 16.0 Å². The van der Waals surface area contributed by atoms with Crippen molar-refractivity contribution in [3.8, 4) is 5.75 Å². The molecule has 0 spiro atoms. The second kappa shape index (κ2) is 14.7. The van der Waals surface area contributed by atoms with Gasteiger partial charge in [0.25, 0.3) is 0 Å². The summed E-state index contributed by atoms with van der Waals surface area (Å²) >= 11 is 0. The molecule has 3 atom stereocenters. The van der Waals surface area contributed by atoms with Gasteiger partial charge >= 0.3 is 12.2 Å². The zero-order valence-electron chi connectivity index (χ0n) is 25.8. The molecule has 0 aliphatic carbocycles. The third-order valence-corrected chi connectivity index (χ3v) is 6.03. The van der Waals surface area contributed by atoms with Gasteiger partial charge in [0.1, 0.15) is 35.1 Å². The second-order valence-corrected chi connectivity index (χ2v) is 12.2. The molecule has 1 saturated heterocycles. The van der Waals surface area contributed by atoms with E-state index in [1.165, 1.54) is 24.0 Å². The molecule has 5 amide bonds. The van der Waals surface area contributed by atoms with Crippen LogP contribution < -0.4 is 26.4 Å². The number of alkyl carbamates (subject to hydrolysis) is 1. The van der Waals surface area contributed by atoms with Crippen molar-refractivity contribution in [2.75, 3.05) is 13.1 Å². The lowest BCUT2D eigenvalue weighted by Crippen LogP contribution is -2.55.